The topological polar surface area (TPSA) is 75.4 Å². The summed E-state index contributed by atoms with van der Waals surface area (Å²) in [6, 6.07) is 8.18. The Kier molecular flexibility index (Phi) is 7.41. The second-order valence-electron chi connectivity index (χ2n) is 6.40. The molecule has 2 rings (SSSR count). The molecule has 2 amide bonds. The molecule has 1 fully saturated rings. The van der Waals surface area contributed by atoms with E-state index in [4.69, 9.17) is 5.73 Å². The highest BCUT2D eigenvalue weighted by Gasteiger charge is 2.23. The minimum absolute atomic E-state index is 0.0415. The molecule has 1 aromatic carbocycles. The van der Waals surface area contributed by atoms with E-state index in [0.717, 1.165) is 38.0 Å². The standard InChI is InChI=1S/C20H27N3O2/c1-2-3-4-10-19(24)22-13-16-7-5-8-17(12-16)14-23-11-6-9-18(15-23)20(21)25/h2-5,7-8,10,12,18H,6,9,11,13-15H2,1H3,(H2,21,25)(H,22,24). The number of nitrogens with two attached hydrogens (primary N) is 1. The minimum Gasteiger partial charge on any atom is -0.369 e. The van der Waals surface area contributed by atoms with Crippen LogP contribution >= 0.6 is 0 Å². The van der Waals surface area contributed by atoms with E-state index >= 15 is 0 Å². The molecule has 1 aliphatic heterocycles. The van der Waals surface area contributed by atoms with E-state index < -0.39 is 0 Å². The second-order valence-corrected chi connectivity index (χ2v) is 6.40. The van der Waals surface area contributed by atoms with Crippen LogP contribution in [0.25, 0.3) is 0 Å². The first-order valence-corrected chi connectivity index (χ1v) is 8.75. The maximum Gasteiger partial charge on any atom is 0.244 e. The number of amides is 2. The van der Waals surface area contributed by atoms with Gasteiger partial charge in [0.2, 0.25) is 11.8 Å². The molecule has 134 valence electrons. The molecular formula is C20H27N3O2. The van der Waals surface area contributed by atoms with E-state index in [1.165, 1.54) is 11.6 Å². The van der Waals surface area contributed by atoms with Crippen LogP contribution in [-0.2, 0) is 22.7 Å². The van der Waals surface area contributed by atoms with Crippen LogP contribution in [0.4, 0.5) is 0 Å². The molecule has 0 spiro atoms. The lowest BCUT2D eigenvalue weighted by Crippen LogP contribution is -2.40. The van der Waals surface area contributed by atoms with Crippen LogP contribution in [0.3, 0.4) is 0 Å². The van der Waals surface area contributed by atoms with Crippen LogP contribution in [0.2, 0.25) is 0 Å². The molecule has 0 bridgehead atoms. The van der Waals surface area contributed by atoms with E-state index in [-0.39, 0.29) is 17.7 Å². The molecule has 1 saturated heterocycles. The number of nitrogens with one attached hydrogen (secondary N) is 1. The van der Waals surface area contributed by atoms with Crippen LogP contribution in [-0.4, -0.2) is 29.8 Å². The van der Waals surface area contributed by atoms with E-state index in [0.29, 0.717) is 6.54 Å². The van der Waals surface area contributed by atoms with E-state index in [9.17, 15) is 9.59 Å². The number of primary amides is 1. The molecule has 1 heterocycles. The van der Waals surface area contributed by atoms with Gasteiger partial charge in [-0.3, -0.25) is 14.5 Å². The van der Waals surface area contributed by atoms with Crippen molar-refractivity contribution in [2.24, 2.45) is 11.7 Å². The fraction of sp³-hybridized carbons (Fsp3) is 0.400. The summed E-state index contributed by atoms with van der Waals surface area (Å²) in [4.78, 5) is 25.4. The molecule has 0 aromatic heterocycles. The van der Waals surface area contributed by atoms with Gasteiger partial charge in [0.15, 0.2) is 0 Å². The molecule has 0 radical (unpaired) electrons. The SMILES string of the molecule is CC=CC=CC(=O)NCc1cccc(CN2CCCC(C(N)=O)C2)c1. The summed E-state index contributed by atoms with van der Waals surface area (Å²) in [7, 11) is 0. The van der Waals surface area contributed by atoms with E-state index in [2.05, 4.69) is 22.3 Å². The van der Waals surface area contributed by atoms with Gasteiger partial charge >= 0.3 is 0 Å². The number of carbonyl (C=O) groups excluding carboxylic acids is 2. The predicted molar refractivity (Wildman–Crippen MR) is 99.4 cm³/mol. The third kappa shape index (κ3) is 6.55. The van der Waals surface area contributed by atoms with Crippen LogP contribution in [0, 0.1) is 5.92 Å². The summed E-state index contributed by atoms with van der Waals surface area (Å²) in [6.45, 7) is 4.91. The lowest BCUT2D eigenvalue weighted by Gasteiger charge is -2.31. The number of hydrogen-bond acceptors (Lipinski definition) is 3. The van der Waals surface area contributed by atoms with Crippen molar-refractivity contribution in [1.82, 2.24) is 10.2 Å². The molecule has 0 saturated carbocycles. The van der Waals surface area contributed by atoms with Gasteiger partial charge in [-0.1, -0.05) is 42.5 Å². The number of rotatable bonds is 7. The Labute approximate surface area is 149 Å². The summed E-state index contributed by atoms with van der Waals surface area (Å²) in [5.41, 5.74) is 7.69. The van der Waals surface area contributed by atoms with Crippen molar-refractivity contribution in [3.63, 3.8) is 0 Å². The van der Waals surface area contributed by atoms with Crippen molar-refractivity contribution in [3.8, 4) is 0 Å². The normalized spacial score (nSPS) is 18.7. The highest BCUT2D eigenvalue weighted by atomic mass is 16.1. The third-order valence-corrected chi connectivity index (χ3v) is 4.32. The number of benzene rings is 1. The van der Waals surface area contributed by atoms with Crippen LogP contribution in [0.15, 0.2) is 48.6 Å². The Morgan fingerprint density at radius 2 is 2.12 bits per heavy atom. The summed E-state index contributed by atoms with van der Waals surface area (Å²) >= 11 is 0. The smallest absolute Gasteiger partial charge is 0.244 e. The Balaban J connectivity index is 1.88. The fourth-order valence-electron chi connectivity index (χ4n) is 3.03. The molecule has 25 heavy (non-hydrogen) atoms. The zero-order valence-corrected chi connectivity index (χ0v) is 14.8. The van der Waals surface area contributed by atoms with Gasteiger partial charge in [0, 0.05) is 25.7 Å². The highest BCUT2D eigenvalue weighted by Crippen LogP contribution is 2.18. The van der Waals surface area contributed by atoms with Crippen molar-refractivity contribution >= 4 is 11.8 Å². The van der Waals surface area contributed by atoms with Crippen molar-refractivity contribution in [2.45, 2.75) is 32.9 Å². The summed E-state index contributed by atoms with van der Waals surface area (Å²) < 4.78 is 0. The molecule has 3 N–H and O–H groups in total. The van der Waals surface area contributed by atoms with Gasteiger partial charge in [0.1, 0.15) is 0 Å². The first kappa shape index (κ1) is 18.9. The van der Waals surface area contributed by atoms with Crippen molar-refractivity contribution in [1.29, 1.82) is 0 Å². The average molecular weight is 341 g/mol. The fourth-order valence-corrected chi connectivity index (χ4v) is 3.03. The zero-order chi connectivity index (χ0) is 18.1. The van der Waals surface area contributed by atoms with Gasteiger partial charge in [-0.15, -0.1) is 0 Å². The molecule has 0 aliphatic carbocycles. The van der Waals surface area contributed by atoms with Gasteiger partial charge in [0.05, 0.1) is 5.92 Å². The molecule has 5 nitrogen and oxygen atoms in total. The third-order valence-electron chi connectivity index (χ3n) is 4.32. The summed E-state index contributed by atoms with van der Waals surface area (Å²) in [5, 5.41) is 2.88. The van der Waals surface area contributed by atoms with Crippen molar-refractivity contribution in [2.75, 3.05) is 13.1 Å². The van der Waals surface area contributed by atoms with Crippen molar-refractivity contribution < 1.29 is 9.59 Å². The van der Waals surface area contributed by atoms with Gasteiger partial charge in [-0.25, -0.2) is 0 Å². The number of hydrogen-bond donors (Lipinski definition) is 2. The van der Waals surface area contributed by atoms with Gasteiger partial charge in [-0.2, -0.15) is 0 Å². The van der Waals surface area contributed by atoms with Gasteiger partial charge in [-0.05, 0) is 37.4 Å². The number of piperidine rings is 1. The lowest BCUT2D eigenvalue weighted by molar-refractivity contribution is -0.123. The van der Waals surface area contributed by atoms with Crippen LogP contribution in [0.1, 0.15) is 30.9 Å². The first-order valence-electron chi connectivity index (χ1n) is 8.75. The Bertz CT molecular complexity index is 652. The van der Waals surface area contributed by atoms with Crippen molar-refractivity contribution in [3.05, 3.63) is 59.7 Å². The second kappa shape index (κ2) is 9.79. The Morgan fingerprint density at radius 3 is 2.88 bits per heavy atom. The molecule has 1 aliphatic rings. The van der Waals surface area contributed by atoms with Crippen LogP contribution < -0.4 is 11.1 Å². The number of nitrogens with zero attached hydrogens (tertiary/aromatic N) is 1. The average Bonchev–Trinajstić information content (AvgIpc) is 2.61. The molecule has 1 aromatic rings. The first-order chi connectivity index (χ1) is 12.1. The van der Waals surface area contributed by atoms with Gasteiger partial charge in [0.25, 0.3) is 0 Å². The molecular weight excluding hydrogens is 314 g/mol. The zero-order valence-electron chi connectivity index (χ0n) is 14.8. The molecule has 1 unspecified atom stereocenters. The van der Waals surface area contributed by atoms with E-state index in [1.807, 2.05) is 31.2 Å². The molecule has 5 heteroatoms. The maximum absolute atomic E-state index is 11.7. The highest BCUT2D eigenvalue weighted by molar-refractivity contribution is 5.87. The number of likely N-dealkylation sites (tertiary alicyclic amines) is 1. The van der Waals surface area contributed by atoms with E-state index in [1.54, 1.807) is 6.08 Å². The lowest BCUT2D eigenvalue weighted by atomic mass is 9.97. The number of allylic oxidation sites excluding steroid dienone is 3. The quantitative estimate of drug-likeness (QED) is 0.589. The Morgan fingerprint density at radius 1 is 1.32 bits per heavy atom. The predicted octanol–water partition coefficient (Wildman–Crippen LogP) is 2.13. The monoisotopic (exact) mass is 341 g/mol. The maximum atomic E-state index is 11.7. The minimum atomic E-state index is -0.202. The van der Waals surface area contributed by atoms with Crippen LogP contribution in [0.5, 0.6) is 0 Å². The van der Waals surface area contributed by atoms with Gasteiger partial charge < -0.3 is 11.1 Å². The summed E-state index contributed by atoms with van der Waals surface area (Å²) in [5.74, 6) is -0.351. The molecule has 1 atom stereocenters. The largest absolute Gasteiger partial charge is 0.369 e. The Hall–Kier alpha value is -2.40. The summed E-state index contributed by atoms with van der Waals surface area (Å²) in [6.07, 6.45) is 8.81. The number of carbonyl (C=O) groups is 2.